The summed E-state index contributed by atoms with van der Waals surface area (Å²) in [6, 6.07) is 5.88. The Kier molecular flexibility index (Phi) is 3.77. The molecule has 0 saturated heterocycles. The van der Waals surface area contributed by atoms with Gasteiger partial charge in [0.15, 0.2) is 5.78 Å². The van der Waals surface area contributed by atoms with E-state index in [-0.39, 0.29) is 24.0 Å². The number of aromatic carboxylic acids is 1. The predicted molar refractivity (Wildman–Crippen MR) is 56.2 cm³/mol. The second-order valence-corrected chi connectivity index (χ2v) is 3.24. The minimum absolute atomic E-state index is 0.0584. The molecule has 0 spiro atoms. The van der Waals surface area contributed by atoms with Crippen LogP contribution in [-0.4, -0.2) is 22.8 Å². The van der Waals surface area contributed by atoms with E-state index in [9.17, 15) is 14.4 Å². The van der Waals surface area contributed by atoms with E-state index < -0.39 is 17.7 Å². The fraction of sp³-hybridized carbons (Fsp3) is 0.182. The summed E-state index contributed by atoms with van der Waals surface area (Å²) in [5, 5.41) is 8.85. The normalized spacial score (nSPS) is 9.75. The molecule has 0 unspecified atom stereocenters. The number of carbonyl (C=O) groups excluding carboxylic acids is 2. The average Bonchev–Trinajstić information content (AvgIpc) is 2.25. The van der Waals surface area contributed by atoms with Crippen molar-refractivity contribution in [2.45, 2.75) is 12.8 Å². The second kappa shape index (κ2) is 5.06. The zero-order chi connectivity index (χ0) is 12.1. The fourth-order valence-electron chi connectivity index (χ4n) is 1.28. The van der Waals surface area contributed by atoms with Crippen LogP contribution in [0.3, 0.4) is 0 Å². The highest BCUT2D eigenvalue weighted by molar-refractivity contribution is 6.06. The second-order valence-electron chi connectivity index (χ2n) is 3.24. The highest BCUT2D eigenvalue weighted by Gasteiger charge is 2.15. The molecule has 5 heteroatoms. The van der Waals surface area contributed by atoms with Gasteiger partial charge in [0.05, 0.1) is 5.56 Å². The third-order valence-electron chi connectivity index (χ3n) is 2.06. The van der Waals surface area contributed by atoms with Gasteiger partial charge in [-0.25, -0.2) is 4.79 Å². The van der Waals surface area contributed by atoms with Crippen molar-refractivity contribution in [1.29, 1.82) is 0 Å². The first kappa shape index (κ1) is 11.9. The Morgan fingerprint density at radius 1 is 1.06 bits per heavy atom. The number of carboxylic acids is 1. The van der Waals surface area contributed by atoms with Crippen molar-refractivity contribution in [2.24, 2.45) is 5.73 Å². The Morgan fingerprint density at radius 3 is 2.12 bits per heavy atom. The van der Waals surface area contributed by atoms with Crippen LogP contribution >= 0.6 is 0 Å². The number of benzene rings is 1. The smallest absolute Gasteiger partial charge is 0.336 e. The molecular weight excluding hydrogens is 210 g/mol. The van der Waals surface area contributed by atoms with E-state index >= 15 is 0 Å². The van der Waals surface area contributed by atoms with E-state index in [0.717, 1.165) is 0 Å². The number of primary amides is 1. The molecule has 0 aliphatic carbocycles. The van der Waals surface area contributed by atoms with Gasteiger partial charge in [0.25, 0.3) is 0 Å². The highest BCUT2D eigenvalue weighted by Crippen LogP contribution is 2.12. The number of rotatable bonds is 5. The molecule has 1 amide bonds. The molecule has 0 radical (unpaired) electrons. The van der Waals surface area contributed by atoms with Gasteiger partial charge in [0.2, 0.25) is 5.91 Å². The first-order valence-corrected chi connectivity index (χ1v) is 4.66. The van der Waals surface area contributed by atoms with Crippen LogP contribution in [0, 0.1) is 0 Å². The number of Topliss-reactive ketones (excluding diaryl/α,β-unsaturated/α-hetero) is 1. The molecule has 0 heterocycles. The molecule has 0 atom stereocenters. The van der Waals surface area contributed by atoms with Gasteiger partial charge in [-0.2, -0.15) is 0 Å². The molecule has 5 nitrogen and oxygen atoms in total. The third kappa shape index (κ3) is 2.91. The fourth-order valence-corrected chi connectivity index (χ4v) is 1.28. The largest absolute Gasteiger partial charge is 0.478 e. The number of hydrogen-bond acceptors (Lipinski definition) is 3. The molecular formula is C11H11NO4. The van der Waals surface area contributed by atoms with E-state index in [1.54, 1.807) is 6.07 Å². The summed E-state index contributed by atoms with van der Waals surface area (Å²) in [6.07, 6.45) is -0.146. The summed E-state index contributed by atoms with van der Waals surface area (Å²) in [6.45, 7) is 0. The summed E-state index contributed by atoms with van der Waals surface area (Å²) in [7, 11) is 0. The standard InChI is InChI=1S/C11H11NO4/c12-10(14)6-5-9(13)7-3-1-2-4-8(7)11(15)16/h1-4H,5-6H2,(H2,12,14)(H,15,16). The van der Waals surface area contributed by atoms with Crippen LogP contribution in [0.1, 0.15) is 33.6 Å². The maximum Gasteiger partial charge on any atom is 0.336 e. The minimum Gasteiger partial charge on any atom is -0.478 e. The Labute approximate surface area is 91.9 Å². The van der Waals surface area contributed by atoms with Crippen molar-refractivity contribution in [2.75, 3.05) is 0 Å². The monoisotopic (exact) mass is 221 g/mol. The van der Waals surface area contributed by atoms with Crippen molar-refractivity contribution >= 4 is 17.7 Å². The topological polar surface area (TPSA) is 97.5 Å². The van der Waals surface area contributed by atoms with E-state index in [0.29, 0.717) is 0 Å². The van der Waals surface area contributed by atoms with Crippen molar-refractivity contribution in [3.8, 4) is 0 Å². The summed E-state index contributed by atoms with van der Waals surface area (Å²) in [5.41, 5.74) is 4.96. The van der Waals surface area contributed by atoms with Crippen LogP contribution in [0.2, 0.25) is 0 Å². The van der Waals surface area contributed by atoms with Crippen molar-refractivity contribution in [3.05, 3.63) is 35.4 Å². The van der Waals surface area contributed by atoms with Crippen molar-refractivity contribution < 1.29 is 19.5 Å². The van der Waals surface area contributed by atoms with Gasteiger partial charge in [-0.05, 0) is 6.07 Å². The Hall–Kier alpha value is -2.17. The van der Waals surface area contributed by atoms with Gasteiger partial charge in [0, 0.05) is 18.4 Å². The number of hydrogen-bond donors (Lipinski definition) is 2. The molecule has 0 bridgehead atoms. The predicted octanol–water partition coefficient (Wildman–Crippen LogP) is 0.833. The quantitative estimate of drug-likeness (QED) is 0.719. The molecule has 1 aromatic carbocycles. The average molecular weight is 221 g/mol. The lowest BCUT2D eigenvalue weighted by Gasteiger charge is -2.03. The van der Waals surface area contributed by atoms with Crippen molar-refractivity contribution in [3.63, 3.8) is 0 Å². The van der Waals surface area contributed by atoms with E-state index in [1.807, 2.05) is 0 Å². The summed E-state index contributed by atoms with van der Waals surface area (Å²) in [5.74, 6) is -2.14. The van der Waals surface area contributed by atoms with Gasteiger partial charge in [-0.3, -0.25) is 9.59 Å². The molecule has 0 aliphatic rings. The van der Waals surface area contributed by atoms with E-state index in [1.165, 1.54) is 18.2 Å². The van der Waals surface area contributed by atoms with Gasteiger partial charge in [-0.1, -0.05) is 18.2 Å². The van der Waals surface area contributed by atoms with Gasteiger partial charge in [0.1, 0.15) is 0 Å². The molecule has 3 N–H and O–H groups in total. The lowest BCUT2D eigenvalue weighted by Crippen LogP contribution is -2.14. The van der Waals surface area contributed by atoms with Crippen molar-refractivity contribution in [1.82, 2.24) is 0 Å². The number of nitrogens with two attached hydrogens (primary N) is 1. The maximum absolute atomic E-state index is 11.6. The first-order valence-electron chi connectivity index (χ1n) is 4.66. The minimum atomic E-state index is -1.16. The summed E-state index contributed by atoms with van der Waals surface area (Å²) in [4.78, 5) is 32.9. The van der Waals surface area contributed by atoms with Gasteiger partial charge >= 0.3 is 5.97 Å². The molecule has 1 rings (SSSR count). The van der Waals surface area contributed by atoms with Gasteiger partial charge < -0.3 is 10.8 Å². The Morgan fingerprint density at radius 2 is 1.62 bits per heavy atom. The molecule has 0 aromatic heterocycles. The van der Waals surface area contributed by atoms with Crippen LogP contribution in [-0.2, 0) is 4.79 Å². The summed E-state index contributed by atoms with van der Waals surface area (Å²) < 4.78 is 0. The number of ketones is 1. The van der Waals surface area contributed by atoms with E-state index in [4.69, 9.17) is 10.8 Å². The van der Waals surface area contributed by atoms with E-state index in [2.05, 4.69) is 0 Å². The molecule has 1 aromatic rings. The summed E-state index contributed by atoms with van der Waals surface area (Å²) >= 11 is 0. The third-order valence-corrected chi connectivity index (χ3v) is 2.06. The molecule has 0 fully saturated rings. The molecule has 16 heavy (non-hydrogen) atoms. The lowest BCUT2D eigenvalue weighted by molar-refractivity contribution is -0.118. The van der Waals surface area contributed by atoms with Crippen LogP contribution < -0.4 is 5.73 Å². The molecule has 0 aliphatic heterocycles. The lowest BCUT2D eigenvalue weighted by atomic mass is 10.0. The Bertz CT molecular complexity index is 439. The number of carboxylic acid groups (broad SMARTS) is 1. The number of amides is 1. The first-order chi connectivity index (χ1) is 7.52. The van der Waals surface area contributed by atoms with Crippen LogP contribution in [0.5, 0.6) is 0 Å². The molecule has 84 valence electrons. The SMILES string of the molecule is NC(=O)CCC(=O)c1ccccc1C(=O)O. The van der Waals surface area contributed by atoms with Crippen LogP contribution in [0.25, 0.3) is 0 Å². The molecule has 0 saturated carbocycles. The van der Waals surface area contributed by atoms with Crippen LogP contribution in [0.15, 0.2) is 24.3 Å². The van der Waals surface area contributed by atoms with Crippen LogP contribution in [0.4, 0.5) is 0 Å². The zero-order valence-electron chi connectivity index (χ0n) is 8.47. The Balaban J connectivity index is 2.90. The maximum atomic E-state index is 11.6. The van der Waals surface area contributed by atoms with Gasteiger partial charge in [-0.15, -0.1) is 0 Å². The zero-order valence-corrected chi connectivity index (χ0v) is 8.47. The number of carbonyl (C=O) groups is 3. The highest BCUT2D eigenvalue weighted by atomic mass is 16.4.